The number of carbonyl (C=O) groups excluding carboxylic acids is 1. The quantitative estimate of drug-likeness (QED) is 0.341. The molecule has 0 atom stereocenters. The van der Waals surface area contributed by atoms with Crippen molar-refractivity contribution in [1.29, 1.82) is 0 Å². The van der Waals surface area contributed by atoms with Crippen LogP contribution < -0.4 is 10.1 Å². The van der Waals surface area contributed by atoms with E-state index in [0.717, 1.165) is 24.3 Å². The molecule has 0 unspecified atom stereocenters. The summed E-state index contributed by atoms with van der Waals surface area (Å²) in [5.41, 5.74) is -1.15. The molecule has 0 heterocycles. The Morgan fingerprint density at radius 3 is 2.57 bits per heavy atom. The molecule has 0 aromatic heterocycles. The lowest BCUT2D eigenvalue weighted by atomic mass is 10.1. The first-order chi connectivity index (χ1) is 14.1. The molecule has 2 aromatic rings. The summed E-state index contributed by atoms with van der Waals surface area (Å²) in [5.74, 6) is -0.437. The first-order valence-corrected chi connectivity index (χ1v) is 9.16. The van der Waals surface area contributed by atoms with Gasteiger partial charge in [-0.15, -0.1) is 0 Å². The maximum absolute atomic E-state index is 12.7. The number of hydrogen-bond donors (Lipinski definition) is 1. The van der Waals surface area contributed by atoms with Gasteiger partial charge < -0.3 is 14.8 Å². The number of carbonyl (C=O) groups is 1. The van der Waals surface area contributed by atoms with Crippen molar-refractivity contribution in [3.8, 4) is 11.5 Å². The van der Waals surface area contributed by atoms with Crippen LogP contribution in [0.4, 0.5) is 18.9 Å². The molecule has 0 fully saturated rings. The Labute approximate surface area is 174 Å². The largest absolute Gasteiger partial charge is 0.456 e. The molecule has 0 saturated carbocycles. The van der Waals surface area contributed by atoms with Crippen LogP contribution in [-0.2, 0) is 22.1 Å². The zero-order valence-corrected chi connectivity index (χ0v) is 16.5. The number of halogens is 4. The lowest BCUT2D eigenvalue weighted by Crippen LogP contribution is -2.28. The van der Waals surface area contributed by atoms with Crippen LogP contribution in [0.1, 0.15) is 18.1 Å². The van der Waals surface area contributed by atoms with E-state index in [0.29, 0.717) is 13.2 Å². The van der Waals surface area contributed by atoms with Crippen LogP contribution in [0.2, 0.25) is 5.02 Å². The second-order valence-corrected chi connectivity index (χ2v) is 6.42. The minimum Gasteiger partial charge on any atom is -0.456 e. The fraction of sp³-hybridized carbons (Fsp3) is 0.316. The maximum atomic E-state index is 12.7. The zero-order chi connectivity index (χ0) is 22.3. The molecule has 0 radical (unpaired) electrons. The van der Waals surface area contributed by atoms with Crippen LogP contribution in [0.5, 0.6) is 11.5 Å². The molecule has 0 bridgehead atoms. The predicted molar refractivity (Wildman–Crippen MR) is 103 cm³/mol. The number of ether oxygens (including phenoxy) is 2. The monoisotopic (exact) mass is 446 g/mol. The van der Waals surface area contributed by atoms with E-state index in [1.165, 1.54) is 12.1 Å². The fourth-order valence-corrected chi connectivity index (χ4v) is 2.69. The minimum atomic E-state index is -4.56. The van der Waals surface area contributed by atoms with Gasteiger partial charge in [0, 0.05) is 24.8 Å². The molecule has 0 spiro atoms. The number of rotatable bonds is 9. The summed E-state index contributed by atoms with van der Waals surface area (Å²) in [4.78, 5) is 22.6. The minimum absolute atomic E-state index is 0.0642. The summed E-state index contributed by atoms with van der Waals surface area (Å²) in [7, 11) is 0. The van der Waals surface area contributed by atoms with Crippen molar-refractivity contribution >= 4 is 23.2 Å². The molecule has 7 nitrogen and oxygen atoms in total. The van der Waals surface area contributed by atoms with Gasteiger partial charge in [0.05, 0.1) is 28.5 Å². The number of amides is 1. The Morgan fingerprint density at radius 1 is 1.23 bits per heavy atom. The number of nitrogens with zero attached hydrogens (tertiary/aromatic N) is 1. The highest BCUT2D eigenvalue weighted by atomic mass is 35.5. The first-order valence-electron chi connectivity index (χ1n) is 8.78. The number of hydrogen-bond acceptors (Lipinski definition) is 5. The van der Waals surface area contributed by atoms with Crippen LogP contribution in [0, 0.1) is 10.1 Å². The SMILES string of the molecule is CCOCCNC(=O)Cc1cc(Oc2ccc(C(F)(F)F)cc2Cl)ccc1[N+](=O)[O-]. The Bertz CT molecular complexity index is 922. The van der Waals surface area contributed by atoms with Crippen molar-refractivity contribution in [2.45, 2.75) is 19.5 Å². The number of nitro groups is 1. The third-order valence-corrected chi connectivity index (χ3v) is 4.15. The van der Waals surface area contributed by atoms with E-state index < -0.39 is 22.6 Å². The van der Waals surface area contributed by atoms with Gasteiger partial charge in [-0.05, 0) is 37.3 Å². The molecular formula is C19H18ClF3N2O5. The van der Waals surface area contributed by atoms with Gasteiger partial charge in [-0.25, -0.2) is 0 Å². The summed E-state index contributed by atoms with van der Waals surface area (Å²) < 4.78 is 48.8. The van der Waals surface area contributed by atoms with Crippen molar-refractivity contribution in [3.05, 3.63) is 62.7 Å². The lowest BCUT2D eigenvalue weighted by Gasteiger charge is -2.12. The molecular weight excluding hydrogens is 429 g/mol. The summed E-state index contributed by atoms with van der Waals surface area (Å²) >= 11 is 5.86. The summed E-state index contributed by atoms with van der Waals surface area (Å²) in [5, 5.41) is 13.5. The van der Waals surface area contributed by atoms with Gasteiger partial charge in [0.2, 0.25) is 5.91 Å². The molecule has 0 aliphatic carbocycles. The van der Waals surface area contributed by atoms with Crippen molar-refractivity contribution in [1.82, 2.24) is 5.32 Å². The second-order valence-electron chi connectivity index (χ2n) is 6.02. The molecule has 2 aromatic carbocycles. The predicted octanol–water partition coefficient (Wildman–Crippen LogP) is 4.75. The average molecular weight is 447 g/mol. The number of benzene rings is 2. The maximum Gasteiger partial charge on any atom is 0.416 e. The molecule has 0 aliphatic heterocycles. The highest BCUT2D eigenvalue weighted by Gasteiger charge is 2.31. The van der Waals surface area contributed by atoms with Crippen LogP contribution in [0.25, 0.3) is 0 Å². The topological polar surface area (TPSA) is 90.7 Å². The van der Waals surface area contributed by atoms with Crippen LogP contribution >= 0.6 is 11.6 Å². The van der Waals surface area contributed by atoms with Crippen LogP contribution in [0.15, 0.2) is 36.4 Å². The Kier molecular flexibility index (Phi) is 8.01. The van der Waals surface area contributed by atoms with Gasteiger partial charge in [0.15, 0.2) is 0 Å². The molecule has 2 rings (SSSR count). The smallest absolute Gasteiger partial charge is 0.416 e. The number of alkyl halides is 3. The average Bonchev–Trinajstić information content (AvgIpc) is 2.66. The van der Waals surface area contributed by atoms with Gasteiger partial charge in [-0.3, -0.25) is 14.9 Å². The normalized spacial score (nSPS) is 11.2. The van der Waals surface area contributed by atoms with Gasteiger partial charge in [-0.1, -0.05) is 11.6 Å². The van der Waals surface area contributed by atoms with E-state index in [4.69, 9.17) is 21.1 Å². The van der Waals surface area contributed by atoms with Crippen molar-refractivity contribution in [2.24, 2.45) is 0 Å². The number of nitrogens with one attached hydrogen (secondary N) is 1. The summed E-state index contributed by atoms with van der Waals surface area (Å²) in [6.07, 6.45) is -4.85. The third kappa shape index (κ3) is 6.60. The van der Waals surface area contributed by atoms with Gasteiger partial charge in [0.1, 0.15) is 11.5 Å². The molecule has 30 heavy (non-hydrogen) atoms. The highest BCUT2D eigenvalue weighted by Crippen LogP contribution is 2.37. The molecule has 0 saturated heterocycles. The second kappa shape index (κ2) is 10.3. The van der Waals surface area contributed by atoms with Crippen LogP contribution in [-0.4, -0.2) is 30.6 Å². The van der Waals surface area contributed by atoms with Crippen molar-refractivity contribution < 1.29 is 32.4 Å². The fourth-order valence-electron chi connectivity index (χ4n) is 2.47. The number of nitro benzene ring substituents is 1. The molecule has 11 heteroatoms. The van der Waals surface area contributed by atoms with E-state index in [1.54, 1.807) is 6.92 Å². The molecule has 0 aliphatic rings. The summed E-state index contributed by atoms with van der Waals surface area (Å²) in [6.45, 7) is 2.85. The Balaban J connectivity index is 2.19. The lowest BCUT2D eigenvalue weighted by molar-refractivity contribution is -0.385. The van der Waals surface area contributed by atoms with E-state index in [2.05, 4.69) is 5.32 Å². The van der Waals surface area contributed by atoms with Crippen molar-refractivity contribution in [3.63, 3.8) is 0 Å². The third-order valence-electron chi connectivity index (χ3n) is 3.86. The highest BCUT2D eigenvalue weighted by molar-refractivity contribution is 6.32. The van der Waals surface area contributed by atoms with Crippen LogP contribution in [0.3, 0.4) is 0 Å². The Morgan fingerprint density at radius 2 is 1.97 bits per heavy atom. The summed E-state index contributed by atoms with van der Waals surface area (Å²) in [6, 6.07) is 6.26. The Hall–Kier alpha value is -2.85. The van der Waals surface area contributed by atoms with Gasteiger partial charge >= 0.3 is 6.18 Å². The first kappa shape index (κ1) is 23.4. The van der Waals surface area contributed by atoms with E-state index in [1.807, 2.05) is 0 Å². The molecule has 162 valence electrons. The molecule has 1 amide bonds. The van der Waals surface area contributed by atoms with Crippen molar-refractivity contribution in [2.75, 3.05) is 19.8 Å². The van der Waals surface area contributed by atoms with E-state index in [9.17, 15) is 28.1 Å². The van der Waals surface area contributed by atoms with E-state index in [-0.39, 0.29) is 40.7 Å². The zero-order valence-electron chi connectivity index (χ0n) is 15.8. The standard InChI is InChI=1S/C19H18ClF3N2O5/c1-2-29-8-7-24-18(26)10-12-9-14(4-5-16(12)25(27)28)30-17-6-3-13(11-15(17)20)19(21,22)23/h3-6,9,11H,2,7-8,10H2,1H3,(H,24,26). The van der Waals surface area contributed by atoms with Gasteiger partial charge in [-0.2, -0.15) is 13.2 Å². The van der Waals surface area contributed by atoms with Gasteiger partial charge in [0.25, 0.3) is 5.69 Å². The molecule has 1 N–H and O–H groups in total. The van der Waals surface area contributed by atoms with E-state index >= 15 is 0 Å².